The zero-order valence-electron chi connectivity index (χ0n) is 13.8. The molecule has 0 saturated carbocycles. The lowest BCUT2D eigenvalue weighted by Crippen LogP contribution is -2.41. The van der Waals surface area contributed by atoms with E-state index in [-0.39, 0.29) is 11.8 Å². The molecule has 0 spiro atoms. The van der Waals surface area contributed by atoms with Crippen molar-refractivity contribution in [3.63, 3.8) is 0 Å². The zero-order valence-corrected chi connectivity index (χ0v) is 14.5. The molecule has 1 aromatic rings. The molecule has 2 amide bonds. The molecule has 0 aromatic carbocycles. The van der Waals surface area contributed by atoms with Crippen molar-refractivity contribution in [2.45, 2.75) is 19.3 Å². The van der Waals surface area contributed by atoms with Gasteiger partial charge in [0.2, 0.25) is 5.91 Å². The van der Waals surface area contributed by atoms with E-state index < -0.39 is 0 Å². The second kappa shape index (κ2) is 7.94. The Morgan fingerprint density at radius 2 is 1.75 bits per heavy atom. The lowest BCUT2D eigenvalue weighted by molar-refractivity contribution is -0.131. The van der Waals surface area contributed by atoms with Crippen LogP contribution in [-0.2, 0) is 4.79 Å². The van der Waals surface area contributed by atoms with Gasteiger partial charge in [0.25, 0.3) is 5.91 Å². The Bertz CT molecular complexity index is 604. The zero-order chi connectivity index (χ0) is 16.9. The highest BCUT2D eigenvalue weighted by Crippen LogP contribution is 2.13. The van der Waals surface area contributed by atoms with Gasteiger partial charge in [-0.2, -0.15) is 0 Å². The lowest BCUT2D eigenvalue weighted by Gasteiger charge is -2.23. The van der Waals surface area contributed by atoms with Crippen LogP contribution < -0.4 is 0 Å². The quantitative estimate of drug-likeness (QED) is 0.829. The van der Waals surface area contributed by atoms with Crippen molar-refractivity contribution in [3.8, 4) is 0 Å². The Hall–Kier alpha value is -1.66. The van der Waals surface area contributed by atoms with Crippen molar-refractivity contribution < 1.29 is 9.59 Å². The number of hydrogen-bond donors (Lipinski definition) is 0. The number of carbonyl (C=O) groups is 2. The van der Waals surface area contributed by atoms with Crippen LogP contribution in [0.25, 0.3) is 0 Å². The van der Waals surface area contributed by atoms with E-state index in [1.165, 1.54) is 0 Å². The molecular weight excluding hydrogens is 328 g/mol. The van der Waals surface area contributed by atoms with Gasteiger partial charge in [-0.15, -0.1) is 0 Å². The number of nitrogens with zero attached hydrogens (tertiary/aromatic N) is 4. The van der Waals surface area contributed by atoms with Crippen LogP contribution in [0.4, 0.5) is 0 Å². The van der Waals surface area contributed by atoms with Crippen LogP contribution in [-0.4, -0.2) is 77.3 Å². The Morgan fingerprint density at radius 1 is 1.00 bits per heavy atom. The SMILES string of the molecule is O=C(CN1CCCN(C(=O)c2cc(Cl)ccn2)CC1)N1CCCC1. The van der Waals surface area contributed by atoms with Crippen LogP contribution in [0.15, 0.2) is 18.3 Å². The smallest absolute Gasteiger partial charge is 0.272 e. The lowest BCUT2D eigenvalue weighted by atomic mass is 10.3. The molecule has 130 valence electrons. The predicted octanol–water partition coefficient (Wildman–Crippen LogP) is 1.51. The van der Waals surface area contributed by atoms with E-state index in [0.717, 1.165) is 38.9 Å². The summed E-state index contributed by atoms with van der Waals surface area (Å²) in [5, 5.41) is 0.515. The Balaban J connectivity index is 1.54. The van der Waals surface area contributed by atoms with Gasteiger partial charge in [-0.3, -0.25) is 19.5 Å². The molecule has 3 heterocycles. The molecule has 6 nitrogen and oxygen atoms in total. The Labute approximate surface area is 147 Å². The maximum Gasteiger partial charge on any atom is 0.272 e. The molecule has 0 radical (unpaired) electrons. The third kappa shape index (κ3) is 4.24. The van der Waals surface area contributed by atoms with Crippen molar-refractivity contribution in [2.75, 3.05) is 45.8 Å². The summed E-state index contributed by atoms with van der Waals surface area (Å²) in [7, 11) is 0. The molecule has 0 unspecified atom stereocenters. The van der Waals surface area contributed by atoms with Crippen LogP contribution in [0.2, 0.25) is 5.02 Å². The molecular formula is C17H23ClN4O2. The summed E-state index contributed by atoms with van der Waals surface area (Å²) in [5.74, 6) is 0.119. The van der Waals surface area contributed by atoms with Gasteiger partial charge in [-0.1, -0.05) is 11.6 Å². The van der Waals surface area contributed by atoms with E-state index in [1.54, 1.807) is 23.2 Å². The average molecular weight is 351 g/mol. The minimum atomic E-state index is -0.0924. The number of halogens is 1. The summed E-state index contributed by atoms with van der Waals surface area (Å²) in [4.78, 5) is 34.9. The van der Waals surface area contributed by atoms with Crippen LogP contribution in [0.1, 0.15) is 29.8 Å². The van der Waals surface area contributed by atoms with E-state index in [4.69, 9.17) is 11.6 Å². The average Bonchev–Trinajstić information content (AvgIpc) is 3.02. The van der Waals surface area contributed by atoms with Gasteiger partial charge < -0.3 is 9.80 Å². The maximum atomic E-state index is 12.6. The highest BCUT2D eigenvalue weighted by atomic mass is 35.5. The number of aromatic nitrogens is 1. The predicted molar refractivity (Wildman–Crippen MR) is 92.0 cm³/mol. The number of amides is 2. The standard InChI is InChI=1S/C17H23ClN4O2/c18-14-4-5-19-15(12-14)17(24)22-9-3-6-20(10-11-22)13-16(23)21-7-1-2-8-21/h4-5,12H,1-3,6-11,13H2. The first-order chi connectivity index (χ1) is 11.6. The first kappa shape index (κ1) is 17.2. The topological polar surface area (TPSA) is 56.8 Å². The number of hydrogen-bond acceptors (Lipinski definition) is 4. The highest BCUT2D eigenvalue weighted by Gasteiger charge is 2.24. The fourth-order valence-corrected chi connectivity index (χ4v) is 3.43. The van der Waals surface area contributed by atoms with Crippen LogP contribution in [0.5, 0.6) is 0 Å². The van der Waals surface area contributed by atoms with Crippen molar-refractivity contribution in [1.82, 2.24) is 19.7 Å². The second-order valence-corrected chi connectivity index (χ2v) is 6.81. The third-order valence-corrected chi connectivity index (χ3v) is 4.87. The fourth-order valence-electron chi connectivity index (χ4n) is 3.27. The van der Waals surface area contributed by atoms with Crippen molar-refractivity contribution in [2.24, 2.45) is 0 Å². The molecule has 24 heavy (non-hydrogen) atoms. The van der Waals surface area contributed by atoms with Crippen molar-refractivity contribution >= 4 is 23.4 Å². The number of likely N-dealkylation sites (tertiary alicyclic amines) is 1. The molecule has 2 aliphatic rings. The first-order valence-corrected chi connectivity index (χ1v) is 8.92. The van der Waals surface area contributed by atoms with Crippen LogP contribution >= 0.6 is 11.6 Å². The summed E-state index contributed by atoms with van der Waals surface area (Å²) in [5.41, 5.74) is 0.379. The van der Waals surface area contributed by atoms with Crippen LogP contribution in [0.3, 0.4) is 0 Å². The first-order valence-electron chi connectivity index (χ1n) is 8.54. The van der Waals surface area contributed by atoms with Crippen molar-refractivity contribution in [3.05, 3.63) is 29.0 Å². The van der Waals surface area contributed by atoms with Gasteiger partial charge in [-0.05, 0) is 31.4 Å². The molecule has 2 fully saturated rings. The van der Waals surface area contributed by atoms with Gasteiger partial charge in [-0.25, -0.2) is 0 Å². The minimum Gasteiger partial charge on any atom is -0.342 e. The van der Waals surface area contributed by atoms with Gasteiger partial charge in [0.05, 0.1) is 6.54 Å². The number of rotatable bonds is 3. The summed E-state index contributed by atoms with van der Waals surface area (Å²) >= 11 is 5.94. The van der Waals surface area contributed by atoms with Gasteiger partial charge in [0.15, 0.2) is 0 Å². The highest BCUT2D eigenvalue weighted by molar-refractivity contribution is 6.30. The molecule has 3 rings (SSSR count). The molecule has 2 aliphatic heterocycles. The fraction of sp³-hybridized carbons (Fsp3) is 0.588. The Morgan fingerprint density at radius 3 is 2.50 bits per heavy atom. The molecule has 0 N–H and O–H groups in total. The van der Waals surface area contributed by atoms with Gasteiger partial charge >= 0.3 is 0 Å². The monoisotopic (exact) mass is 350 g/mol. The number of carbonyl (C=O) groups excluding carboxylic acids is 2. The Kier molecular flexibility index (Phi) is 5.68. The second-order valence-electron chi connectivity index (χ2n) is 6.37. The normalized spacial score (nSPS) is 19.4. The van der Waals surface area contributed by atoms with Crippen LogP contribution in [0, 0.1) is 0 Å². The summed E-state index contributed by atoms with van der Waals surface area (Å²) in [6, 6.07) is 3.26. The van der Waals surface area contributed by atoms with E-state index in [0.29, 0.717) is 36.9 Å². The summed E-state index contributed by atoms with van der Waals surface area (Å²) < 4.78 is 0. The van der Waals surface area contributed by atoms with Gasteiger partial charge in [0.1, 0.15) is 5.69 Å². The van der Waals surface area contributed by atoms with E-state index in [2.05, 4.69) is 9.88 Å². The summed E-state index contributed by atoms with van der Waals surface area (Å²) in [6.07, 6.45) is 4.63. The third-order valence-electron chi connectivity index (χ3n) is 4.63. The number of pyridine rings is 1. The maximum absolute atomic E-state index is 12.6. The minimum absolute atomic E-state index is 0.0924. The van der Waals surface area contributed by atoms with Gasteiger partial charge in [0, 0.05) is 50.5 Å². The van der Waals surface area contributed by atoms with Crippen molar-refractivity contribution in [1.29, 1.82) is 0 Å². The van der Waals surface area contributed by atoms with E-state index in [1.807, 2.05) is 4.90 Å². The largest absolute Gasteiger partial charge is 0.342 e. The molecule has 7 heteroatoms. The molecule has 0 aliphatic carbocycles. The molecule has 1 aromatic heterocycles. The molecule has 0 atom stereocenters. The molecule has 0 bridgehead atoms. The molecule has 2 saturated heterocycles. The summed E-state index contributed by atoms with van der Waals surface area (Å²) in [6.45, 7) is 5.08. The van der Waals surface area contributed by atoms with E-state index >= 15 is 0 Å². The van der Waals surface area contributed by atoms with E-state index in [9.17, 15) is 9.59 Å².